The molecule has 226 valence electrons. The number of nitrogen functional groups attached to an aromatic ring is 1. The standard InChI is InChI=1S/C22H27F3N4O2.C5H4BrN3O2/c1-13(2)10-21(3,26)12-31-17-6-5-14(9-16(17)22(23,24)25)15-7-8-27-20-19(15)28-18(29-20)11-30-4;6-3-1-2-8-5(4(3)7)9(10)11/h5-9,13H,10-12,26H2,1-4H3,(H,27,28,29);1-2H,7H2/t21-;/m0./s1. The third kappa shape index (κ3) is 8.36. The van der Waals surface area contributed by atoms with E-state index in [9.17, 15) is 23.3 Å². The molecule has 0 unspecified atom stereocenters. The van der Waals surface area contributed by atoms with Crippen molar-refractivity contribution in [2.24, 2.45) is 11.7 Å². The topological polar surface area (TPSA) is 168 Å². The molecule has 0 aliphatic carbocycles. The third-order valence-electron chi connectivity index (χ3n) is 5.84. The summed E-state index contributed by atoms with van der Waals surface area (Å²) in [6, 6.07) is 7.20. The van der Waals surface area contributed by atoms with E-state index < -0.39 is 22.2 Å². The number of nitrogens with zero attached hydrogens (tertiary/aromatic N) is 4. The molecule has 0 radical (unpaired) electrons. The van der Waals surface area contributed by atoms with Crippen molar-refractivity contribution in [3.63, 3.8) is 0 Å². The zero-order chi connectivity index (χ0) is 31.2. The molecule has 0 saturated heterocycles. The van der Waals surface area contributed by atoms with Crippen LogP contribution in [0.15, 0.2) is 47.2 Å². The van der Waals surface area contributed by atoms with Gasteiger partial charge >= 0.3 is 12.0 Å². The maximum Gasteiger partial charge on any atom is 0.419 e. The fourth-order valence-electron chi connectivity index (χ4n) is 4.27. The van der Waals surface area contributed by atoms with E-state index in [-0.39, 0.29) is 30.5 Å². The minimum Gasteiger partial charge on any atom is -0.491 e. The lowest BCUT2D eigenvalue weighted by Gasteiger charge is -2.27. The first kappa shape index (κ1) is 32.7. The molecule has 3 aromatic heterocycles. The maximum atomic E-state index is 13.8. The molecule has 4 aromatic rings. The van der Waals surface area contributed by atoms with E-state index in [2.05, 4.69) is 35.9 Å². The second kappa shape index (κ2) is 13.4. The van der Waals surface area contributed by atoms with Crippen LogP contribution >= 0.6 is 15.9 Å². The normalized spacial score (nSPS) is 13.0. The highest BCUT2D eigenvalue weighted by molar-refractivity contribution is 9.10. The van der Waals surface area contributed by atoms with Crippen LogP contribution in [0.1, 0.15) is 38.6 Å². The Morgan fingerprint density at radius 2 is 1.86 bits per heavy atom. The highest BCUT2D eigenvalue weighted by atomic mass is 79.9. The largest absolute Gasteiger partial charge is 0.491 e. The molecule has 3 heterocycles. The number of imidazole rings is 1. The van der Waals surface area contributed by atoms with Crippen molar-refractivity contribution in [3.05, 3.63) is 68.7 Å². The van der Waals surface area contributed by atoms with Gasteiger partial charge in [0.2, 0.25) is 0 Å². The number of aromatic nitrogens is 4. The summed E-state index contributed by atoms with van der Waals surface area (Å²) in [5.74, 6) is 0.279. The SMILES string of the molecule is COCc1nc2nccc(-c3ccc(OC[C@@](C)(N)CC(C)C)c(C(F)(F)F)c3)c2[nH]1.Nc1c(Br)ccnc1[N+](=O)[O-]. The maximum absolute atomic E-state index is 13.8. The Kier molecular flexibility index (Phi) is 10.5. The van der Waals surface area contributed by atoms with Crippen molar-refractivity contribution in [2.75, 3.05) is 19.5 Å². The number of benzene rings is 1. The monoisotopic (exact) mass is 653 g/mol. The summed E-state index contributed by atoms with van der Waals surface area (Å²) in [6.07, 6.45) is -1.13. The second-order valence-electron chi connectivity index (χ2n) is 10.2. The van der Waals surface area contributed by atoms with Crippen LogP contribution in [0.5, 0.6) is 5.75 Å². The number of halogens is 4. The number of methoxy groups -OCH3 is 1. The summed E-state index contributed by atoms with van der Waals surface area (Å²) in [5.41, 5.74) is 11.9. The van der Waals surface area contributed by atoms with E-state index in [0.29, 0.717) is 44.9 Å². The van der Waals surface area contributed by atoms with Crippen LogP contribution in [0.4, 0.5) is 24.7 Å². The number of H-pyrrole nitrogens is 1. The van der Waals surface area contributed by atoms with Crippen LogP contribution in [-0.4, -0.2) is 44.1 Å². The van der Waals surface area contributed by atoms with E-state index in [1.54, 1.807) is 25.1 Å². The Morgan fingerprint density at radius 3 is 2.45 bits per heavy atom. The predicted octanol–water partition coefficient (Wildman–Crippen LogP) is 6.27. The zero-order valence-electron chi connectivity index (χ0n) is 23.3. The van der Waals surface area contributed by atoms with E-state index in [0.717, 1.165) is 6.07 Å². The molecule has 0 amide bonds. The molecule has 42 heavy (non-hydrogen) atoms. The summed E-state index contributed by atoms with van der Waals surface area (Å²) >= 11 is 3.04. The number of ether oxygens (including phenoxy) is 2. The molecule has 0 saturated carbocycles. The molecule has 1 atom stereocenters. The summed E-state index contributed by atoms with van der Waals surface area (Å²) < 4.78 is 52.6. The van der Waals surface area contributed by atoms with E-state index in [1.165, 1.54) is 25.6 Å². The molecule has 0 fully saturated rings. The lowest BCUT2D eigenvalue weighted by Crippen LogP contribution is -2.43. The first-order valence-corrected chi connectivity index (χ1v) is 13.4. The molecule has 0 aliphatic rings. The fourth-order valence-corrected chi connectivity index (χ4v) is 4.56. The van der Waals surface area contributed by atoms with Gasteiger partial charge in [0.05, 0.1) is 15.6 Å². The summed E-state index contributed by atoms with van der Waals surface area (Å²) in [7, 11) is 1.53. The number of alkyl halides is 3. The van der Waals surface area contributed by atoms with Crippen molar-refractivity contribution >= 4 is 38.6 Å². The van der Waals surface area contributed by atoms with Gasteiger partial charge in [-0.15, -0.1) is 0 Å². The van der Waals surface area contributed by atoms with Crippen molar-refractivity contribution in [3.8, 4) is 16.9 Å². The van der Waals surface area contributed by atoms with Gasteiger partial charge in [0.25, 0.3) is 0 Å². The van der Waals surface area contributed by atoms with Gasteiger partial charge in [-0.1, -0.05) is 19.9 Å². The number of aromatic amines is 1. The quantitative estimate of drug-likeness (QED) is 0.139. The van der Waals surface area contributed by atoms with Crippen LogP contribution < -0.4 is 16.2 Å². The molecular weight excluding hydrogens is 623 g/mol. The van der Waals surface area contributed by atoms with Crippen molar-refractivity contribution < 1.29 is 27.6 Å². The van der Waals surface area contributed by atoms with Crippen molar-refractivity contribution in [1.82, 2.24) is 19.9 Å². The lowest BCUT2D eigenvalue weighted by molar-refractivity contribution is -0.388. The molecular formula is C27H31BrF3N7O4. The van der Waals surface area contributed by atoms with E-state index in [1.807, 2.05) is 13.8 Å². The zero-order valence-corrected chi connectivity index (χ0v) is 24.9. The minimum absolute atomic E-state index is 0.0198. The molecule has 0 spiro atoms. The van der Waals surface area contributed by atoms with E-state index >= 15 is 0 Å². The molecule has 5 N–H and O–H groups in total. The first-order chi connectivity index (χ1) is 19.6. The summed E-state index contributed by atoms with van der Waals surface area (Å²) in [4.78, 5) is 24.6. The Hall–Kier alpha value is -3.82. The average molecular weight is 654 g/mol. The minimum atomic E-state index is -4.59. The smallest absolute Gasteiger partial charge is 0.419 e. The number of hydrogen-bond acceptors (Lipinski definition) is 9. The van der Waals surface area contributed by atoms with Crippen LogP contribution in [0.25, 0.3) is 22.3 Å². The van der Waals surface area contributed by atoms with Gasteiger partial charge in [-0.25, -0.2) is 9.97 Å². The van der Waals surface area contributed by atoms with Gasteiger partial charge in [0.1, 0.15) is 36.7 Å². The molecule has 1 aromatic carbocycles. The number of nitrogens with two attached hydrogens (primary N) is 2. The summed E-state index contributed by atoms with van der Waals surface area (Å²) in [6.45, 7) is 6.00. The fraction of sp³-hybridized carbons (Fsp3) is 0.370. The van der Waals surface area contributed by atoms with Gasteiger partial charge in [-0.2, -0.15) is 13.2 Å². The van der Waals surface area contributed by atoms with Gasteiger partial charge in [0, 0.05) is 24.4 Å². The van der Waals surface area contributed by atoms with Crippen LogP contribution in [0, 0.1) is 16.0 Å². The van der Waals surface area contributed by atoms with Gasteiger partial charge in [0.15, 0.2) is 5.65 Å². The van der Waals surface area contributed by atoms with Crippen LogP contribution in [-0.2, 0) is 17.5 Å². The van der Waals surface area contributed by atoms with Gasteiger partial charge in [-0.3, -0.25) is 0 Å². The van der Waals surface area contributed by atoms with Crippen LogP contribution in [0.3, 0.4) is 0 Å². The molecule has 0 aliphatic heterocycles. The molecule has 11 nitrogen and oxygen atoms in total. The van der Waals surface area contributed by atoms with Gasteiger partial charge in [-0.05, 0) is 74.9 Å². The first-order valence-electron chi connectivity index (χ1n) is 12.6. The van der Waals surface area contributed by atoms with Gasteiger partial charge < -0.3 is 36.0 Å². The number of nitro groups is 1. The third-order valence-corrected chi connectivity index (χ3v) is 6.53. The number of hydrogen-bond donors (Lipinski definition) is 3. The Bertz CT molecular complexity index is 1540. The number of nitrogens with one attached hydrogen (secondary N) is 1. The predicted molar refractivity (Wildman–Crippen MR) is 156 cm³/mol. The average Bonchev–Trinajstić information content (AvgIpc) is 3.31. The number of fused-ring (bicyclic) bond motifs is 1. The van der Waals surface area contributed by atoms with Crippen molar-refractivity contribution in [1.29, 1.82) is 0 Å². The molecule has 4 rings (SSSR count). The Morgan fingerprint density at radius 1 is 1.17 bits per heavy atom. The highest BCUT2D eigenvalue weighted by Crippen LogP contribution is 2.40. The Labute approximate surface area is 248 Å². The van der Waals surface area contributed by atoms with Crippen molar-refractivity contribution in [2.45, 2.75) is 45.5 Å². The highest BCUT2D eigenvalue weighted by Gasteiger charge is 2.35. The molecule has 15 heteroatoms. The number of rotatable bonds is 9. The van der Waals surface area contributed by atoms with E-state index in [4.69, 9.17) is 20.9 Å². The number of pyridine rings is 2. The summed E-state index contributed by atoms with van der Waals surface area (Å²) in [5, 5.41) is 10.2. The van der Waals surface area contributed by atoms with Crippen LogP contribution in [0.2, 0.25) is 0 Å². The molecule has 0 bridgehead atoms. The second-order valence-corrected chi connectivity index (χ2v) is 11.1. The Balaban J connectivity index is 0.000000369. The number of anilines is 1. The lowest BCUT2D eigenvalue weighted by atomic mass is 9.93.